The molecular formula is C16H11F3N8OS. The Morgan fingerprint density at radius 3 is 2.21 bits per heavy atom. The molecule has 13 heteroatoms. The minimum absolute atomic E-state index is 0.328. The molecular weight excluding hydrogens is 409 g/mol. The molecule has 0 aliphatic carbocycles. The Labute approximate surface area is 165 Å². The van der Waals surface area contributed by atoms with E-state index in [0.717, 1.165) is 5.69 Å². The van der Waals surface area contributed by atoms with Gasteiger partial charge in [0.15, 0.2) is 5.82 Å². The van der Waals surface area contributed by atoms with Gasteiger partial charge in [-0.2, -0.15) is 9.36 Å². The summed E-state index contributed by atoms with van der Waals surface area (Å²) in [7, 11) is 0. The second kappa shape index (κ2) is 7.87. The van der Waals surface area contributed by atoms with Crippen LogP contribution in [0.25, 0.3) is 11.4 Å². The van der Waals surface area contributed by atoms with Gasteiger partial charge in [0.05, 0.1) is 17.1 Å². The van der Waals surface area contributed by atoms with Crippen molar-refractivity contribution in [2.24, 2.45) is 0 Å². The zero-order valence-electron chi connectivity index (χ0n) is 14.4. The molecule has 148 valence electrons. The first-order chi connectivity index (χ1) is 14.0. The van der Waals surface area contributed by atoms with Gasteiger partial charge in [-0.3, -0.25) is 0 Å². The number of thioether (sulfide) groups is 1. The van der Waals surface area contributed by atoms with Crippen LogP contribution in [0.4, 0.5) is 13.2 Å². The molecule has 0 spiro atoms. The molecule has 29 heavy (non-hydrogen) atoms. The molecule has 0 fully saturated rings. The van der Waals surface area contributed by atoms with Gasteiger partial charge >= 0.3 is 6.36 Å². The van der Waals surface area contributed by atoms with Crippen molar-refractivity contribution in [3.63, 3.8) is 0 Å². The van der Waals surface area contributed by atoms with Crippen LogP contribution in [0.2, 0.25) is 0 Å². The van der Waals surface area contributed by atoms with Gasteiger partial charge in [0, 0.05) is 0 Å². The maximum Gasteiger partial charge on any atom is 0.573 e. The van der Waals surface area contributed by atoms with Crippen LogP contribution in [-0.4, -0.2) is 46.8 Å². The monoisotopic (exact) mass is 420 g/mol. The molecule has 0 aliphatic heterocycles. The first-order valence-electron chi connectivity index (χ1n) is 8.10. The first-order valence-corrected chi connectivity index (χ1v) is 9.08. The van der Waals surface area contributed by atoms with Crippen LogP contribution >= 0.6 is 11.8 Å². The number of rotatable bonds is 6. The lowest BCUT2D eigenvalue weighted by Gasteiger charge is -2.09. The molecule has 0 N–H and O–H groups in total. The number of ether oxygens (including phenoxy) is 1. The highest BCUT2D eigenvalue weighted by Gasteiger charge is 2.31. The van der Waals surface area contributed by atoms with E-state index in [1.54, 1.807) is 4.68 Å². The highest BCUT2D eigenvalue weighted by Crippen LogP contribution is 2.26. The van der Waals surface area contributed by atoms with Gasteiger partial charge in [0.1, 0.15) is 5.75 Å². The van der Waals surface area contributed by atoms with E-state index in [1.165, 1.54) is 40.7 Å². The average Bonchev–Trinajstić information content (AvgIpc) is 3.36. The molecule has 4 rings (SSSR count). The summed E-state index contributed by atoms with van der Waals surface area (Å²) >= 11 is 1.28. The van der Waals surface area contributed by atoms with Crippen LogP contribution in [0.15, 0.2) is 59.8 Å². The normalized spacial score (nSPS) is 11.6. The number of hydrogen-bond acceptors (Lipinski definition) is 8. The van der Waals surface area contributed by atoms with E-state index >= 15 is 0 Å². The van der Waals surface area contributed by atoms with Gasteiger partial charge in [0.2, 0.25) is 5.16 Å². The van der Waals surface area contributed by atoms with Crippen molar-refractivity contribution in [1.29, 1.82) is 0 Å². The van der Waals surface area contributed by atoms with Gasteiger partial charge in [-0.05, 0) is 57.3 Å². The smallest absolute Gasteiger partial charge is 0.406 e. The highest BCUT2D eigenvalue weighted by atomic mass is 32.2. The molecule has 0 amide bonds. The average molecular weight is 420 g/mol. The second-order valence-electron chi connectivity index (χ2n) is 5.55. The lowest BCUT2D eigenvalue weighted by atomic mass is 10.3. The van der Waals surface area contributed by atoms with E-state index in [-0.39, 0.29) is 5.75 Å². The van der Waals surface area contributed by atoms with Gasteiger partial charge in [-0.15, -0.1) is 23.4 Å². The fraction of sp³-hybridized carbons (Fsp3) is 0.125. The zero-order chi connectivity index (χ0) is 20.3. The molecule has 2 heterocycles. The van der Waals surface area contributed by atoms with E-state index in [4.69, 9.17) is 0 Å². The van der Waals surface area contributed by atoms with E-state index in [0.29, 0.717) is 22.4 Å². The molecule has 0 saturated carbocycles. The number of hydrogen-bond donors (Lipinski definition) is 0. The third-order valence-electron chi connectivity index (χ3n) is 3.62. The van der Waals surface area contributed by atoms with Crippen molar-refractivity contribution in [2.45, 2.75) is 17.3 Å². The standard InChI is InChI=1S/C16H11F3N8OS/c17-16(18,19)28-13-8-6-12(7-9-13)27-15(21-23-25-27)29-10-14-20-22-24-26(14)11-4-2-1-3-5-11/h1-9H,10H2. The third-order valence-corrected chi connectivity index (χ3v) is 4.54. The minimum Gasteiger partial charge on any atom is -0.406 e. The number of benzene rings is 2. The van der Waals surface area contributed by atoms with Crippen molar-refractivity contribution in [3.05, 3.63) is 60.4 Å². The Kier molecular flexibility index (Phi) is 5.12. The van der Waals surface area contributed by atoms with Gasteiger partial charge in [-0.1, -0.05) is 30.0 Å². The summed E-state index contributed by atoms with van der Waals surface area (Å²) in [4.78, 5) is 0. The van der Waals surface area contributed by atoms with Crippen molar-refractivity contribution in [1.82, 2.24) is 40.4 Å². The molecule has 0 saturated heterocycles. The molecule has 0 bridgehead atoms. The topological polar surface area (TPSA) is 96.4 Å². The first kappa shape index (κ1) is 18.9. The number of aromatic nitrogens is 8. The predicted octanol–water partition coefficient (Wildman–Crippen LogP) is 2.83. The molecule has 0 radical (unpaired) electrons. The number of alkyl halides is 3. The molecule has 0 unspecified atom stereocenters. The lowest BCUT2D eigenvalue weighted by molar-refractivity contribution is -0.274. The number of halogens is 3. The molecule has 2 aromatic heterocycles. The summed E-state index contributed by atoms with van der Waals surface area (Å²) in [6.45, 7) is 0. The Morgan fingerprint density at radius 1 is 0.828 bits per heavy atom. The Balaban J connectivity index is 1.49. The zero-order valence-corrected chi connectivity index (χ0v) is 15.2. The molecule has 2 aromatic carbocycles. The van der Waals surface area contributed by atoms with Crippen LogP contribution in [-0.2, 0) is 5.75 Å². The lowest BCUT2D eigenvalue weighted by Crippen LogP contribution is -2.17. The number of para-hydroxylation sites is 1. The van der Waals surface area contributed by atoms with E-state index in [1.807, 2.05) is 30.3 Å². The molecule has 0 atom stereocenters. The third kappa shape index (κ3) is 4.51. The molecule has 9 nitrogen and oxygen atoms in total. The van der Waals surface area contributed by atoms with Crippen molar-refractivity contribution < 1.29 is 17.9 Å². The van der Waals surface area contributed by atoms with Crippen molar-refractivity contribution >= 4 is 11.8 Å². The quantitative estimate of drug-likeness (QED) is 0.440. The Morgan fingerprint density at radius 2 is 1.48 bits per heavy atom. The van der Waals surface area contributed by atoms with Crippen LogP contribution in [0, 0.1) is 0 Å². The largest absolute Gasteiger partial charge is 0.573 e. The molecule has 4 aromatic rings. The van der Waals surface area contributed by atoms with Gasteiger partial charge < -0.3 is 4.74 Å². The van der Waals surface area contributed by atoms with Crippen LogP contribution < -0.4 is 4.74 Å². The molecule has 0 aliphatic rings. The van der Waals surface area contributed by atoms with Crippen molar-refractivity contribution in [2.75, 3.05) is 0 Å². The number of tetrazole rings is 2. The van der Waals surface area contributed by atoms with Crippen LogP contribution in [0.3, 0.4) is 0 Å². The second-order valence-corrected chi connectivity index (χ2v) is 6.49. The van der Waals surface area contributed by atoms with E-state index in [9.17, 15) is 13.2 Å². The predicted molar refractivity (Wildman–Crippen MR) is 94.6 cm³/mol. The summed E-state index contributed by atoms with van der Waals surface area (Å²) in [6.07, 6.45) is -4.75. The van der Waals surface area contributed by atoms with E-state index in [2.05, 4.69) is 35.8 Å². The number of nitrogens with zero attached hydrogens (tertiary/aromatic N) is 8. The Hall–Kier alpha value is -3.48. The maximum atomic E-state index is 12.3. The Bertz CT molecular complexity index is 1080. The van der Waals surface area contributed by atoms with Crippen molar-refractivity contribution in [3.8, 4) is 17.1 Å². The fourth-order valence-electron chi connectivity index (χ4n) is 2.41. The summed E-state index contributed by atoms with van der Waals surface area (Å²) in [5.74, 6) is 0.632. The fourth-order valence-corrected chi connectivity index (χ4v) is 3.21. The minimum atomic E-state index is -4.75. The van der Waals surface area contributed by atoms with Crippen LogP contribution in [0.1, 0.15) is 5.82 Å². The van der Waals surface area contributed by atoms with E-state index < -0.39 is 6.36 Å². The van der Waals surface area contributed by atoms with Crippen LogP contribution in [0.5, 0.6) is 5.75 Å². The maximum absolute atomic E-state index is 12.3. The van der Waals surface area contributed by atoms with Gasteiger partial charge in [-0.25, -0.2) is 0 Å². The summed E-state index contributed by atoms with van der Waals surface area (Å²) in [5.41, 5.74) is 1.29. The summed E-state index contributed by atoms with van der Waals surface area (Å²) in [6, 6.07) is 14.6. The van der Waals surface area contributed by atoms with Gasteiger partial charge in [0.25, 0.3) is 0 Å². The highest BCUT2D eigenvalue weighted by molar-refractivity contribution is 7.98. The summed E-state index contributed by atoms with van der Waals surface area (Å²) < 4.78 is 43.7. The summed E-state index contributed by atoms with van der Waals surface area (Å²) in [5, 5.41) is 23.6. The SMILES string of the molecule is FC(F)(F)Oc1ccc(-n2nnnc2SCc2nnnn2-c2ccccc2)cc1.